The number of aliphatic hydroxyl groups excluding tert-OH is 1. The van der Waals surface area contributed by atoms with E-state index in [9.17, 15) is 5.11 Å². The molecule has 0 bridgehead atoms. The van der Waals surface area contributed by atoms with Crippen LogP contribution in [0, 0.1) is 12.8 Å². The Morgan fingerprint density at radius 3 is 2.75 bits per heavy atom. The quantitative estimate of drug-likeness (QED) is 0.732. The number of aryl methyl sites for hydroxylation is 1. The Balaban J connectivity index is 2.13. The van der Waals surface area contributed by atoms with Crippen molar-refractivity contribution in [2.45, 2.75) is 32.3 Å². The maximum absolute atomic E-state index is 9.85. The monoisotopic (exact) mass is 166 g/mol. The Hall–Kier alpha value is -0.760. The van der Waals surface area contributed by atoms with E-state index in [1.54, 1.807) is 6.26 Å². The van der Waals surface area contributed by atoms with Crippen molar-refractivity contribution >= 4 is 0 Å². The molecule has 1 fully saturated rings. The molecule has 1 saturated carbocycles. The van der Waals surface area contributed by atoms with Crippen LogP contribution in [0.4, 0.5) is 0 Å². The summed E-state index contributed by atoms with van der Waals surface area (Å²) in [6, 6.07) is 1.87. The molecule has 0 aromatic carbocycles. The Morgan fingerprint density at radius 1 is 1.58 bits per heavy atom. The van der Waals surface area contributed by atoms with E-state index in [0.29, 0.717) is 5.92 Å². The lowest BCUT2D eigenvalue weighted by molar-refractivity contribution is 0.0609. The Kier molecular flexibility index (Phi) is 1.93. The van der Waals surface area contributed by atoms with Crippen LogP contribution in [0.25, 0.3) is 0 Å². The van der Waals surface area contributed by atoms with Crippen molar-refractivity contribution < 1.29 is 9.52 Å². The molecule has 1 unspecified atom stereocenters. The minimum atomic E-state index is -0.294. The van der Waals surface area contributed by atoms with Gasteiger partial charge in [-0.3, -0.25) is 0 Å². The standard InChI is InChI=1S/C10H14O2/c1-7-9(5-6-12-7)10(11)8-3-2-4-8/h5-6,8,10-11H,2-4H2,1H3. The molecule has 0 amide bonds. The van der Waals surface area contributed by atoms with Gasteiger partial charge in [-0.25, -0.2) is 0 Å². The summed E-state index contributed by atoms with van der Waals surface area (Å²) in [6.07, 6.45) is 4.93. The molecular weight excluding hydrogens is 152 g/mol. The zero-order valence-electron chi connectivity index (χ0n) is 7.29. The summed E-state index contributed by atoms with van der Waals surface area (Å²) in [5, 5.41) is 9.85. The van der Waals surface area contributed by atoms with E-state index in [0.717, 1.165) is 24.2 Å². The molecule has 1 aliphatic carbocycles. The van der Waals surface area contributed by atoms with Crippen LogP contribution in [0.5, 0.6) is 0 Å². The van der Waals surface area contributed by atoms with E-state index in [1.807, 2.05) is 13.0 Å². The molecule has 1 atom stereocenters. The third kappa shape index (κ3) is 1.16. The molecule has 2 nitrogen and oxygen atoms in total. The highest BCUT2D eigenvalue weighted by atomic mass is 16.3. The molecule has 1 aliphatic rings. The molecule has 1 aromatic heterocycles. The predicted octanol–water partition coefficient (Wildman–Crippen LogP) is 2.42. The van der Waals surface area contributed by atoms with Gasteiger partial charge < -0.3 is 9.52 Å². The SMILES string of the molecule is Cc1occc1C(O)C1CCC1. The smallest absolute Gasteiger partial charge is 0.106 e. The summed E-state index contributed by atoms with van der Waals surface area (Å²) < 4.78 is 5.14. The molecule has 2 rings (SSSR count). The van der Waals surface area contributed by atoms with Crippen LogP contribution in [-0.2, 0) is 0 Å². The molecule has 1 heterocycles. The van der Waals surface area contributed by atoms with Crippen molar-refractivity contribution in [2.24, 2.45) is 5.92 Å². The van der Waals surface area contributed by atoms with Gasteiger partial charge in [-0.1, -0.05) is 6.42 Å². The molecule has 1 aromatic rings. The van der Waals surface area contributed by atoms with Gasteiger partial charge >= 0.3 is 0 Å². The molecule has 1 N–H and O–H groups in total. The highest BCUT2D eigenvalue weighted by molar-refractivity contribution is 5.19. The third-order valence-electron chi connectivity index (χ3n) is 2.81. The highest BCUT2D eigenvalue weighted by Gasteiger charge is 2.28. The fourth-order valence-electron chi connectivity index (χ4n) is 1.71. The molecular formula is C10H14O2. The molecule has 0 radical (unpaired) electrons. The number of rotatable bonds is 2. The number of hydrogen-bond donors (Lipinski definition) is 1. The van der Waals surface area contributed by atoms with Gasteiger partial charge in [-0.05, 0) is 31.7 Å². The first kappa shape index (κ1) is 7.87. The third-order valence-corrected chi connectivity index (χ3v) is 2.81. The molecule has 12 heavy (non-hydrogen) atoms. The fourth-order valence-corrected chi connectivity index (χ4v) is 1.71. The maximum Gasteiger partial charge on any atom is 0.106 e. The van der Waals surface area contributed by atoms with Gasteiger partial charge in [-0.2, -0.15) is 0 Å². The number of furan rings is 1. The second-order valence-electron chi connectivity index (χ2n) is 3.57. The van der Waals surface area contributed by atoms with Gasteiger partial charge in [0.05, 0.1) is 12.4 Å². The van der Waals surface area contributed by atoms with Crippen molar-refractivity contribution in [1.29, 1.82) is 0 Å². The van der Waals surface area contributed by atoms with Gasteiger partial charge in [0.25, 0.3) is 0 Å². The van der Waals surface area contributed by atoms with E-state index in [1.165, 1.54) is 6.42 Å². The lowest BCUT2D eigenvalue weighted by Crippen LogP contribution is -2.20. The molecule has 2 heteroatoms. The first-order chi connectivity index (χ1) is 5.79. The largest absolute Gasteiger partial charge is 0.469 e. The van der Waals surface area contributed by atoms with Crippen molar-refractivity contribution in [1.82, 2.24) is 0 Å². The van der Waals surface area contributed by atoms with Crippen molar-refractivity contribution in [2.75, 3.05) is 0 Å². The summed E-state index contributed by atoms with van der Waals surface area (Å²) in [6.45, 7) is 1.90. The normalized spacial score (nSPS) is 20.5. The summed E-state index contributed by atoms with van der Waals surface area (Å²) in [5.74, 6) is 1.33. The minimum Gasteiger partial charge on any atom is -0.469 e. The second kappa shape index (κ2) is 2.94. The lowest BCUT2D eigenvalue weighted by Gasteiger charge is -2.29. The number of hydrogen-bond acceptors (Lipinski definition) is 2. The van der Waals surface area contributed by atoms with E-state index in [2.05, 4.69) is 0 Å². The summed E-state index contributed by atoms with van der Waals surface area (Å²) in [7, 11) is 0. The van der Waals surface area contributed by atoms with Crippen LogP contribution in [-0.4, -0.2) is 5.11 Å². The van der Waals surface area contributed by atoms with Crippen LogP contribution >= 0.6 is 0 Å². The van der Waals surface area contributed by atoms with Crippen LogP contribution in [0.15, 0.2) is 16.7 Å². The molecule has 0 saturated heterocycles. The van der Waals surface area contributed by atoms with Gasteiger partial charge in [0.15, 0.2) is 0 Å². The van der Waals surface area contributed by atoms with E-state index in [4.69, 9.17) is 4.42 Å². The fraction of sp³-hybridized carbons (Fsp3) is 0.600. The summed E-state index contributed by atoms with van der Waals surface area (Å²) in [4.78, 5) is 0. The Labute approximate surface area is 72.2 Å². The zero-order valence-corrected chi connectivity index (χ0v) is 7.29. The topological polar surface area (TPSA) is 33.4 Å². The van der Waals surface area contributed by atoms with Crippen molar-refractivity contribution in [3.63, 3.8) is 0 Å². The second-order valence-corrected chi connectivity index (χ2v) is 3.57. The van der Waals surface area contributed by atoms with Crippen molar-refractivity contribution in [3.05, 3.63) is 23.7 Å². The number of aliphatic hydroxyl groups is 1. The minimum absolute atomic E-state index is 0.294. The van der Waals surface area contributed by atoms with Crippen molar-refractivity contribution in [3.8, 4) is 0 Å². The van der Waals surface area contributed by atoms with Gasteiger partial charge in [0, 0.05) is 5.56 Å². The van der Waals surface area contributed by atoms with Crippen LogP contribution in [0.1, 0.15) is 36.7 Å². The van der Waals surface area contributed by atoms with Crippen LogP contribution in [0.2, 0.25) is 0 Å². The van der Waals surface area contributed by atoms with E-state index >= 15 is 0 Å². The molecule has 66 valence electrons. The Bertz CT molecular complexity index is 261. The average Bonchev–Trinajstić information content (AvgIpc) is 2.31. The van der Waals surface area contributed by atoms with Crippen LogP contribution < -0.4 is 0 Å². The van der Waals surface area contributed by atoms with E-state index in [-0.39, 0.29) is 6.10 Å². The Morgan fingerprint density at radius 2 is 2.33 bits per heavy atom. The average molecular weight is 166 g/mol. The van der Waals surface area contributed by atoms with Crippen LogP contribution in [0.3, 0.4) is 0 Å². The highest BCUT2D eigenvalue weighted by Crippen LogP contribution is 2.38. The van der Waals surface area contributed by atoms with Gasteiger partial charge in [0.1, 0.15) is 5.76 Å². The zero-order chi connectivity index (χ0) is 8.55. The molecule has 0 aliphatic heterocycles. The lowest BCUT2D eigenvalue weighted by atomic mass is 9.79. The first-order valence-corrected chi connectivity index (χ1v) is 4.51. The van der Waals surface area contributed by atoms with E-state index < -0.39 is 0 Å². The predicted molar refractivity (Wildman–Crippen MR) is 45.7 cm³/mol. The van der Waals surface area contributed by atoms with Gasteiger partial charge in [-0.15, -0.1) is 0 Å². The summed E-state index contributed by atoms with van der Waals surface area (Å²) in [5.41, 5.74) is 0.972. The maximum atomic E-state index is 9.85. The van der Waals surface area contributed by atoms with Gasteiger partial charge in [0.2, 0.25) is 0 Å². The summed E-state index contributed by atoms with van der Waals surface area (Å²) >= 11 is 0. The first-order valence-electron chi connectivity index (χ1n) is 4.51. The molecule has 0 spiro atoms.